The molecule has 1 aliphatic heterocycles. The molecule has 0 amide bonds. The first-order valence-electron chi connectivity index (χ1n) is 6.18. The number of hydrogen-bond donors (Lipinski definition) is 1. The minimum atomic E-state index is 0.617. The van der Waals surface area contributed by atoms with Gasteiger partial charge in [0.1, 0.15) is 5.75 Å². The molecule has 0 atom stereocenters. The Labute approximate surface area is 102 Å². The average Bonchev–Trinajstić information content (AvgIpc) is 2.39. The molecular weight excluding hydrogens is 216 g/mol. The fraction of sp³-hybridized carbons (Fsp3) is 0.615. The van der Waals surface area contributed by atoms with Gasteiger partial charge in [-0.25, -0.2) is 0 Å². The Bertz CT molecular complexity index is 338. The van der Waals surface area contributed by atoms with E-state index in [1.807, 2.05) is 13.1 Å². The number of ether oxygens (including phenoxy) is 2. The maximum absolute atomic E-state index is 5.87. The zero-order valence-corrected chi connectivity index (χ0v) is 10.3. The molecule has 1 aromatic heterocycles. The summed E-state index contributed by atoms with van der Waals surface area (Å²) in [5, 5.41) is 3.13. The summed E-state index contributed by atoms with van der Waals surface area (Å²) >= 11 is 0. The Morgan fingerprint density at radius 3 is 3.06 bits per heavy atom. The highest BCUT2D eigenvalue weighted by molar-refractivity contribution is 5.29. The van der Waals surface area contributed by atoms with Crippen molar-refractivity contribution in [3.05, 3.63) is 24.0 Å². The topological polar surface area (TPSA) is 43.4 Å². The van der Waals surface area contributed by atoms with E-state index < -0.39 is 0 Å². The molecule has 17 heavy (non-hydrogen) atoms. The summed E-state index contributed by atoms with van der Waals surface area (Å²) in [6.45, 7) is 3.31. The van der Waals surface area contributed by atoms with Crippen molar-refractivity contribution in [3.8, 4) is 5.75 Å². The Hall–Kier alpha value is -1.13. The van der Waals surface area contributed by atoms with E-state index in [1.54, 1.807) is 12.4 Å². The van der Waals surface area contributed by atoms with Crippen LogP contribution in [0.1, 0.15) is 18.4 Å². The molecule has 0 spiro atoms. The maximum Gasteiger partial charge on any atom is 0.142 e. The molecule has 0 radical (unpaired) electrons. The van der Waals surface area contributed by atoms with Crippen LogP contribution in [0.5, 0.6) is 5.75 Å². The smallest absolute Gasteiger partial charge is 0.142 e. The van der Waals surface area contributed by atoms with Gasteiger partial charge in [0.15, 0.2) is 0 Å². The van der Waals surface area contributed by atoms with Crippen molar-refractivity contribution >= 4 is 0 Å². The minimum absolute atomic E-state index is 0.617. The van der Waals surface area contributed by atoms with Crippen LogP contribution in [-0.2, 0) is 11.3 Å². The summed E-state index contributed by atoms with van der Waals surface area (Å²) in [5.74, 6) is 1.51. The van der Waals surface area contributed by atoms with Gasteiger partial charge in [0.2, 0.25) is 0 Å². The van der Waals surface area contributed by atoms with Gasteiger partial charge >= 0.3 is 0 Å². The maximum atomic E-state index is 5.87. The Balaban J connectivity index is 1.88. The molecule has 1 N–H and O–H groups in total. The summed E-state index contributed by atoms with van der Waals surface area (Å²) in [4.78, 5) is 4.11. The fourth-order valence-corrected chi connectivity index (χ4v) is 2.00. The molecule has 0 bridgehead atoms. The van der Waals surface area contributed by atoms with E-state index in [0.29, 0.717) is 5.92 Å². The molecule has 94 valence electrons. The number of rotatable bonds is 5. The van der Waals surface area contributed by atoms with Crippen molar-refractivity contribution in [2.75, 3.05) is 26.9 Å². The van der Waals surface area contributed by atoms with Gasteiger partial charge in [0.05, 0.1) is 12.8 Å². The number of nitrogens with zero attached hydrogens (tertiary/aromatic N) is 1. The highest BCUT2D eigenvalue weighted by Crippen LogP contribution is 2.20. The molecule has 2 rings (SSSR count). The SMILES string of the molecule is CNCc1ccncc1OCC1CCOCC1. The summed E-state index contributed by atoms with van der Waals surface area (Å²) in [5.41, 5.74) is 1.16. The van der Waals surface area contributed by atoms with Crippen molar-refractivity contribution < 1.29 is 9.47 Å². The van der Waals surface area contributed by atoms with Crippen LogP contribution in [0.15, 0.2) is 18.5 Å². The lowest BCUT2D eigenvalue weighted by atomic mass is 10.0. The average molecular weight is 236 g/mol. The highest BCUT2D eigenvalue weighted by atomic mass is 16.5. The first-order chi connectivity index (χ1) is 8.40. The highest BCUT2D eigenvalue weighted by Gasteiger charge is 2.15. The predicted octanol–water partition coefficient (Wildman–Crippen LogP) is 1.61. The third-order valence-corrected chi connectivity index (χ3v) is 3.05. The van der Waals surface area contributed by atoms with Crippen molar-refractivity contribution in [1.29, 1.82) is 0 Å². The van der Waals surface area contributed by atoms with E-state index in [0.717, 1.165) is 50.5 Å². The van der Waals surface area contributed by atoms with E-state index in [1.165, 1.54) is 0 Å². The molecule has 0 saturated carbocycles. The molecule has 0 unspecified atom stereocenters. The molecule has 4 nitrogen and oxygen atoms in total. The summed E-state index contributed by atoms with van der Waals surface area (Å²) in [7, 11) is 1.93. The molecule has 1 aromatic rings. The van der Waals surface area contributed by atoms with Crippen LogP contribution < -0.4 is 10.1 Å². The number of hydrogen-bond acceptors (Lipinski definition) is 4. The summed E-state index contributed by atoms with van der Waals surface area (Å²) < 4.78 is 11.2. The van der Waals surface area contributed by atoms with Crippen molar-refractivity contribution in [2.45, 2.75) is 19.4 Å². The van der Waals surface area contributed by atoms with Gasteiger partial charge in [-0.15, -0.1) is 0 Å². The van der Waals surface area contributed by atoms with E-state index in [4.69, 9.17) is 9.47 Å². The van der Waals surface area contributed by atoms with Gasteiger partial charge in [-0.05, 0) is 31.9 Å². The zero-order chi connectivity index (χ0) is 11.9. The fourth-order valence-electron chi connectivity index (χ4n) is 2.00. The van der Waals surface area contributed by atoms with Gasteiger partial charge in [-0.2, -0.15) is 0 Å². The zero-order valence-electron chi connectivity index (χ0n) is 10.3. The van der Waals surface area contributed by atoms with E-state index in [9.17, 15) is 0 Å². The predicted molar refractivity (Wildman–Crippen MR) is 66.0 cm³/mol. The molecule has 1 saturated heterocycles. The lowest BCUT2D eigenvalue weighted by Crippen LogP contribution is -2.22. The van der Waals surface area contributed by atoms with Crippen LogP contribution >= 0.6 is 0 Å². The quantitative estimate of drug-likeness (QED) is 0.843. The molecule has 2 heterocycles. The Morgan fingerprint density at radius 2 is 2.29 bits per heavy atom. The van der Waals surface area contributed by atoms with Crippen LogP contribution in [0.2, 0.25) is 0 Å². The molecule has 1 aliphatic rings. The van der Waals surface area contributed by atoms with Gasteiger partial charge in [-0.3, -0.25) is 4.98 Å². The van der Waals surface area contributed by atoms with Gasteiger partial charge in [-0.1, -0.05) is 0 Å². The van der Waals surface area contributed by atoms with Gasteiger partial charge in [0, 0.05) is 31.5 Å². The summed E-state index contributed by atoms with van der Waals surface area (Å²) in [6, 6.07) is 2.00. The molecular formula is C13H20N2O2. The lowest BCUT2D eigenvalue weighted by Gasteiger charge is -2.22. The van der Waals surface area contributed by atoms with E-state index >= 15 is 0 Å². The van der Waals surface area contributed by atoms with Crippen LogP contribution in [-0.4, -0.2) is 31.9 Å². The Morgan fingerprint density at radius 1 is 1.47 bits per heavy atom. The number of nitrogens with one attached hydrogen (secondary N) is 1. The second kappa shape index (κ2) is 6.57. The Kier molecular flexibility index (Phi) is 4.76. The first kappa shape index (κ1) is 12.3. The normalized spacial score (nSPS) is 17.0. The molecule has 1 fully saturated rings. The lowest BCUT2D eigenvalue weighted by molar-refractivity contribution is 0.0495. The van der Waals surface area contributed by atoms with Crippen molar-refractivity contribution in [2.24, 2.45) is 5.92 Å². The standard InChI is InChI=1S/C13H20N2O2/c1-14-8-12-2-5-15-9-13(12)17-10-11-3-6-16-7-4-11/h2,5,9,11,14H,3-4,6-8,10H2,1H3. The molecule has 4 heteroatoms. The van der Waals surface area contributed by atoms with Crippen molar-refractivity contribution in [3.63, 3.8) is 0 Å². The second-order valence-electron chi connectivity index (χ2n) is 4.38. The van der Waals surface area contributed by atoms with E-state index in [-0.39, 0.29) is 0 Å². The largest absolute Gasteiger partial charge is 0.491 e. The third-order valence-electron chi connectivity index (χ3n) is 3.05. The third kappa shape index (κ3) is 3.68. The summed E-state index contributed by atoms with van der Waals surface area (Å²) in [6.07, 6.45) is 5.79. The molecule has 0 aromatic carbocycles. The van der Waals surface area contributed by atoms with Gasteiger partial charge < -0.3 is 14.8 Å². The number of pyridine rings is 1. The number of aromatic nitrogens is 1. The monoisotopic (exact) mass is 236 g/mol. The van der Waals surface area contributed by atoms with E-state index in [2.05, 4.69) is 10.3 Å². The van der Waals surface area contributed by atoms with Gasteiger partial charge in [0.25, 0.3) is 0 Å². The van der Waals surface area contributed by atoms with Crippen LogP contribution in [0, 0.1) is 5.92 Å². The van der Waals surface area contributed by atoms with Crippen molar-refractivity contribution in [1.82, 2.24) is 10.3 Å². The van der Waals surface area contributed by atoms with Crippen LogP contribution in [0.3, 0.4) is 0 Å². The second-order valence-corrected chi connectivity index (χ2v) is 4.38. The molecule has 0 aliphatic carbocycles. The van der Waals surface area contributed by atoms with Crippen LogP contribution in [0.4, 0.5) is 0 Å². The minimum Gasteiger partial charge on any atom is -0.491 e. The first-order valence-corrected chi connectivity index (χ1v) is 6.18. The van der Waals surface area contributed by atoms with Crippen LogP contribution in [0.25, 0.3) is 0 Å².